The molecule has 208 valence electrons. The van der Waals surface area contributed by atoms with E-state index in [0.717, 1.165) is 37.8 Å². The second-order valence-electron chi connectivity index (χ2n) is 11.2. The van der Waals surface area contributed by atoms with Crippen LogP contribution in [0.15, 0.2) is 36.7 Å². The summed E-state index contributed by atoms with van der Waals surface area (Å²) in [5, 5.41) is 6.39. The number of aromatic nitrogens is 5. The lowest BCUT2D eigenvalue weighted by Crippen LogP contribution is -2.32. The van der Waals surface area contributed by atoms with E-state index in [-0.39, 0.29) is 46.1 Å². The van der Waals surface area contributed by atoms with Gasteiger partial charge in [-0.1, -0.05) is 6.07 Å². The van der Waals surface area contributed by atoms with E-state index in [0.29, 0.717) is 23.6 Å². The topological polar surface area (TPSA) is 101 Å². The number of carbonyl (C=O) groups is 1. The summed E-state index contributed by atoms with van der Waals surface area (Å²) in [5.41, 5.74) is 2.04. The minimum atomic E-state index is -0.667. The first kappa shape index (κ1) is 26.2. The minimum absolute atomic E-state index is 0.0272. The molecule has 2 aliphatic rings. The quantitative estimate of drug-likeness (QED) is 0.348. The van der Waals surface area contributed by atoms with Gasteiger partial charge in [0.2, 0.25) is 11.9 Å². The number of rotatable bonds is 6. The van der Waals surface area contributed by atoms with E-state index < -0.39 is 11.6 Å². The third-order valence-electron chi connectivity index (χ3n) is 8.12. The van der Waals surface area contributed by atoms with Gasteiger partial charge in [0.05, 0.1) is 17.8 Å². The van der Waals surface area contributed by atoms with E-state index in [4.69, 9.17) is 0 Å². The number of likely N-dealkylation sites (tertiary alicyclic amines) is 1. The molecule has 9 nitrogen and oxygen atoms in total. The van der Waals surface area contributed by atoms with Crippen molar-refractivity contribution in [3.05, 3.63) is 59.7 Å². The van der Waals surface area contributed by atoms with Gasteiger partial charge in [0.15, 0.2) is 11.6 Å². The lowest BCUT2D eigenvalue weighted by molar-refractivity contribution is -0.129. The number of benzene rings is 1. The fourth-order valence-electron chi connectivity index (χ4n) is 6.07. The second kappa shape index (κ2) is 9.88. The zero-order chi connectivity index (χ0) is 28.2. The highest BCUT2D eigenvalue weighted by atomic mass is 19.1. The zero-order valence-corrected chi connectivity index (χ0v) is 23.0. The van der Waals surface area contributed by atoms with Crippen molar-refractivity contribution in [3.63, 3.8) is 0 Å². The van der Waals surface area contributed by atoms with Crippen LogP contribution in [-0.4, -0.2) is 54.9 Å². The van der Waals surface area contributed by atoms with Gasteiger partial charge in [0.25, 0.3) is 0 Å². The lowest BCUT2D eigenvalue weighted by atomic mass is 9.86. The van der Waals surface area contributed by atoms with Crippen LogP contribution in [0.3, 0.4) is 0 Å². The fourth-order valence-corrected chi connectivity index (χ4v) is 6.07. The molecule has 1 amide bonds. The molecule has 6 rings (SSSR count). The molecule has 0 saturated carbocycles. The first-order valence-corrected chi connectivity index (χ1v) is 13.6. The van der Waals surface area contributed by atoms with Gasteiger partial charge in [-0.3, -0.25) is 4.79 Å². The largest absolute Gasteiger partial charge is 0.335 e. The predicted molar refractivity (Wildman–Crippen MR) is 148 cm³/mol. The molecule has 2 atom stereocenters. The summed E-state index contributed by atoms with van der Waals surface area (Å²) < 4.78 is 31.8. The van der Waals surface area contributed by atoms with Gasteiger partial charge in [-0.15, -0.1) is 0 Å². The molecular formula is C29H32F2N8O. The zero-order valence-electron chi connectivity index (χ0n) is 23.0. The molecular weight excluding hydrogens is 514 g/mol. The van der Waals surface area contributed by atoms with Gasteiger partial charge in [-0.2, -0.15) is 0 Å². The summed E-state index contributed by atoms with van der Waals surface area (Å²) in [4.78, 5) is 32.0. The Kier molecular flexibility index (Phi) is 6.48. The number of nitrogens with one attached hydrogen (secondary N) is 2. The number of hydrogen-bond acceptors (Lipinski definition) is 7. The molecule has 3 aromatic heterocycles. The first-order valence-electron chi connectivity index (χ1n) is 13.6. The number of imidazole rings is 1. The summed E-state index contributed by atoms with van der Waals surface area (Å²) in [6.45, 7) is 10.4. The summed E-state index contributed by atoms with van der Waals surface area (Å²) >= 11 is 0. The maximum atomic E-state index is 15.0. The third-order valence-corrected chi connectivity index (χ3v) is 8.12. The Morgan fingerprint density at radius 3 is 2.60 bits per heavy atom. The van der Waals surface area contributed by atoms with E-state index in [1.54, 1.807) is 18.3 Å². The van der Waals surface area contributed by atoms with Crippen LogP contribution in [-0.2, 0) is 4.79 Å². The Bertz CT molecular complexity index is 1590. The molecule has 2 N–H and O–H groups in total. The molecule has 40 heavy (non-hydrogen) atoms. The Morgan fingerprint density at radius 2 is 1.90 bits per heavy atom. The van der Waals surface area contributed by atoms with Crippen LogP contribution in [0.5, 0.6) is 0 Å². The van der Waals surface area contributed by atoms with E-state index in [1.165, 1.54) is 6.07 Å². The number of halogens is 2. The number of pyridine rings is 1. The number of carbonyl (C=O) groups excluding carboxylic acids is 1. The molecule has 2 fully saturated rings. The number of nitrogens with zero attached hydrogens (tertiary/aromatic N) is 6. The Morgan fingerprint density at radius 1 is 1.07 bits per heavy atom. The maximum Gasteiger partial charge on any atom is 0.229 e. The number of amides is 1. The highest BCUT2D eigenvalue weighted by molar-refractivity contribution is 5.83. The molecule has 2 aliphatic heterocycles. The van der Waals surface area contributed by atoms with E-state index in [2.05, 4.69) is 30.6 Å². The monoisotopic (exact) mass is 546 g/mol. The van der Waals surface area contributed by atoms with Crippen molar-refractivity contribution in [1.29, 1.82) is 0 Å². The average Bonchev–Trinajstić information content (AvgIpc) is 3.61. The smallest absolute Gasteiger partial charge is 0.229 e. The standard InChI is InChI=1S/C29H32F2N8O/c1-16(2)39-18(4)35-27-21(30)9-20(10-23(27)39)26-22(31)13-34-28(37-26)36-24-6-5-19(12-33-24)17(3)38-15-29(11-25(38)40)7-8-32-14-29/h5-6,9-10,12-13,16-17,32H,7-8,11,14-15H2,1-4H3,(H,33,34,36,37)/t17-,29?/m0/s1. The molecule has 0 bridgehead atoms. The van der Waals surface area contributed by atoms with Gasteiger partial charge in [0.1, 0.15) is 22.9 Å². The average molecular weight is 547 g/mol. The SMILES string of the molecule is Cc1nc2c(F)cc(-c3nc(Nc4ccc([C@H](C)N5CC6(CCNC6)CC5=O)cn4)ncc3F)cc2n1C(C)C. The van der Waals surface area contributed by atoms with Crippen molar-refractivity contribution in [2.45, 2.75) is 52.6 Å². The van der Waals surface area contributed by atoms with Gasteiger partial charge < -0.3 is 20.1 Å². The normalized spacial score (nSPS) is 19.9. The Hall–Kier alpha value is -3.99. The van der Waals surface area contributed by atoms with Crippen molar-refractivity contribution < 1.29 is 13.6 Å². The third kappa shape index (κ3) is 4.57. The number of anilines is 2. The number of aryl methyl sites for hydroxylation is 1. The lowest BCUT2D eigenvalue weighted by Gasteiger charge is -2.27. The molecule has 5 heterocycles. The first-order chi connectivity index (χ1) is 19.1. The second-order valence-corrected chi connectivity index (χ2v) is 11.2. The molecule has 1 unspecified atom stereocenters. The van der Waals surface area contributed by atoms with Crippen molar-refractivity contribution in [2.75, 3.05) is 25.0 Å². The summed E-state index contributed by atoms with van der Waals surface area (Å²) in [7, 11) is 0. The molecule has 4 aromatic rings. The van der Waals surface area contributed by atoms with Gasteiger partial charge >= 0.3 is 0 Å². The number of hydrogen-bond donors (Lipinski definition) is 2. The van der Waals surface area contributed by atoms with Crippen LogP contribution in [0.1, 0.15) is 57.1 Å². The van der Waals surface area contributed by atoms with Gasteiger partial charge in [-0.25, -0.2) is 28.7 Å². The predicted octanol–water partition coefficient (Wildman–Crippen LogP) is 5.07. The number of fused-ring (bicyclic) bond motifs is 1. The summed E-state index contributed by atoms with van der Waals surface area (Å²) in [5.74, 6) is 0.239. The molecule has 0 radical (unpaired) electrons. The Balaban J connectivity index is 1.23. The fraction of sp³-hybridized carbons (Fsp3) is 0.414. The molecule has 1 aromatic carbocycles. The van der Waals surface area contributed by atoms with Crippen LogP contribution >= 0.6 is 0 Å². The van der Waals surface area contributed by atoms with E-state index in [9.17, 15) is 13.6 Å². The maximum absolute atomic E-state index is 15.0. The van der Waals surface area contributed by atoms with Crippen LogP contribution in [0.2, 0.25) is 0 Å². The van der Waals surface area contributed by atoms with Crippen LogP contribution in [0, 0.1) is 24.0 Å². The van der Waals surface area contributed by atoms with Crippen molar-refractivity contribution in [1.82, 2.24) is 34.7 Å². The highest BCUT2D eigenvalue weighted by Gasteiger charge is 2.46. The Labute approximate surface area is 231 Å². The van der Waals surface area contributed by atoms with Crippen LogP contribution in [0.25, 0.3) is 22.3 Å². The van der Waals surface area contributed by atoms with Gasteiger partial charge in [0, 0.05) is 42.7 Å². The van der Waals surface area contributed by atoms with Crippen LogP contribution < -0.4 is 10.6 Å². The van der Waals surface area contributed by atoms with Crippen molar-refractivity contribution in [3.8, 4) is 11.3 Å². The van der Waals surface area contributed by atoms with Crippen molar-refractivity contribution >= 4 is 28.7 Å². The van der Waals surface area contributed by atoms with E-state index in [1.807, 2.05) is 43.2 Å². The highest BCUT2D eigenvalue weighted by Crippen LogP contribution is 2.40. The molecule has 0 aliphatic carbocycles. The minimum Gasteiger partial charge on any atom is -0.335 e. The van der Waals surface area contributed by atoms with Gasteiger partial charge in [-0.05, 0) is 64.4 Å². The summed E-state index contributed by atoms with van der Waals surface area (Å²) in [6, 6.07) is 6.58. The van der Waals surface area contributed by atoms with Crippen LogP contribution in [0.4, 0.5) is 20.5 Å². The van der Waals surface area contributed by atoms with E-state index >= 15 is 0 Å². The molecule has 2 saturated heterocycles. The molecule has 1 spiro atoms. The summed E-state index contributed by atoms with van der Waals surface area (Å²) in [6.07, 6.45) is 4.38. The van der Waals surface area contributed by atoms with Crippen molar-refractivity contribution in [2.24, 2.45) is 5.41 Å². The molecule has 11 heteroatoms.